The van der Waals surface area contributed by atoms with Gasteiger partial charge in [0.1, 0.15) is 0 Å². The summed E-state index contributed by atoms with van der Waals surface area (Å²) in [6.07, 6.45) is -5.87. The van der Waals surface area contributed by atoms with E-state index in [1.54, 1.807) is 0 Å². The Hall–Kier alpha value is -2.64. The molecule has 0 fully saturated rings. The molecule has 2 aromatic rings. The molecule has 0 aliphatic carbocycles. The van der Waals surface area contributed by atoms with E-state index in [0.29, 0.717) is 24.2 Å². The molecule has 0 aliphatic rings. The van der Waals surface area contributed by atoms with Crippen LogP contribution in [0.15, 0.2) is 58.5 Å². The maximum Gasteiger partial charge on any atom is 0.416 e. The van der Waals surface area contributed by atoms with E-state index in [1.165, 1.54) is 36.7 Å². The molecule has 0 saturated heterocycles. The van der Waals surface area contributed by atoms with Crippen LogP contribution in [-0.2, 0) is 12.4 Å². The zero-order valence-corrected chi connectivity index (χ0v) is 13.3. The molecule has 0 radical (unpaired) electrons. The molecule has 0 heterocycles. The van der Waals surface area contributed by atoms with Crippen LogP contribution >= 0.6 is 0 Å². The van der Waals surface area contributed by atoms with Crippen LogP contribution in [0.1, 0.15) is 22.3 Å². The summed E-state index contributed by atoms with van der Waals surface area (Å²) in [5.41, 5.74) is -0.388. The lowest BCUT2D eigenvalue weighted by Gasteiger charge is -2.05. The van der Waals surface area contributed by atoms with Gasteiger partial charge in [0, 0.05) is 12.4 Å². The summed E-state index contributed by atoms with van der Waals surface area (Å²) in [5.74, 6) is 0. The number of rotatable bonds is 5. The van der Waals surface area contributed by atoms with Crippen LogP contribution in [0.2, 0.25) is 0 Å². The fourth-order valence-corrected chi connectivity index (χ4v) is 1.97. The summed E-state index contributed by atoms with van der Waals surface area (Å²) >= 11 is 0. The third-order valence-electron chi connectivity index (χ3n) is 3.31. The fourth-order valence-electron chi connectivity index (χ4n) is 1.97. The first-order valence-corrected chi connectivity index (χ1v) is 7.50. The van der Waals surface area contributed by atoms with Crippen molar-refractivity contribution in [2.45, 2.75) is 12.4 Å². The van der Waals surface area contributed by atoms with Gasteiger partial charge in [0.2, 0.25) is 0 Å². The van der Waals surface area contributed by atoms with Gasteiger partial charge in [-0.3, -0.25) is 9.98 Å². The number of halogens is 6. The third-order valence-corrected chi connectivity index (χ3v) is 3.31. The van der Waals surface area contributed by atoms with Crippen LogP contribution in [0, 0.1) is 0 Å². The van der Waals surface area contributed by atoms with Crippen molar-refractivity contribution in [3.05, 3.63) is 70.8 Å². The van der Waals surface area contributed by atoms with Crippen molar-refractivity contribution >= 4 is 12.4 Å². The SMILES string of the molecule is FC(F)(F)c1ccc(C=NCCN=Cc2ccc(C(F)(F)F)cc2)cc1. The third kappa shape index (κ3) is 6.02. The van der Waals surface area contributed by atoms with Crippen LogP contribution in [-0.4, -0.2) is 25.5 Å². The summed E-state index contributed by atoms with van der Waals surface area (Å²) in [6.45, 7) is 0.607. The lowest BCUT2D eigenvalue weighted by Crippen LogP contribution is -2.04. The number of alkyl halides is 6. The van der Waals surface area contributed by atoms with Gasteiger partial charge in [-0.25, -0.2) is 0 Å². The largest absolute Gasteiger partial charge is 0.416 e. The highest BCUT2D eigenvalue weighted by Gasteiger charge is 2.30. The number of hydrogen-bond acceptors (Lipinski definition) is 2. The van der Waals surface area contributed by atoms with Gasteiger partial charge in [-0.1, -0.05) is 24.3 Å². The van der Waals surface area contributed by atoms with Gasteiger partial charge in [-0.2, -0.15) is 26.3 Å². The molecule has 0 aromatic heterocycles. The first kappa shape index (κ1) is 19.7. The highest BCUT2D eigenvalue weighted by Crippen LogP contribution is 2.29. The Balaban J connectivity index is 1.81. The molecule has 0 spiro atoms. The van der Waals surface area contributed by atoms with Crippen molar-refractivity contribution in [3.8, 4) is 0 Å². The van der Waals surface area contributed by atoms with Crippen molar-refractivity contribution in [2.75, 3.05) is 13.1 Å². The number of aliphatic imine (C=N–C) groups is 2. The lowest BCUT2D eigenvalue weighted by molar-refractivity contribution is -0.138. The zero-order valence-electron chi connectivity index (χ0n) is 13.3. The first-order chi connectivity index (χ1) is 12.2. The van der Waals surface area contributed by atoms with E-state index >= 15 is 0 Å². The van der Waals surface area contributed by atoms with Crippen molar-refractivity contribution < 1.29 is 26.3 Å². The second-order valence-corrected chi connectivity index (χ2v) is 5.31. The Labute approximate surface area is 145 Å². The number of benzene rings is 2. The smallest absolute Gasteiger partial charge is 0.291 e. The molecule has 0 unspecified atom stereocenters. The molecule has 2 nitrogen and oxygen atoms in total. The van der Waals surface area contributed by atoms with Crippen LogP contribution in [0.3, 0.4) is 0 Å². The monoisotopic (exact) mass is 372 g/mol. The van der Waals surface area contributed by atoms with Gasteiger partial charge < -0.3 is 0 Å². The highest BCUT2D eigenvalue weighted by molar-refractivity contribution is 5.80. The Bertz CT molecular complexity index is 689. The van der Waals surface area contributed by atoms with Crippen LogP contribution in [0.4, 0.5) is 26.3 Å². The normalized spacial score (nSPS) is 13.0. The van der Waals surface area contributed by atoms with E-state index in [9.17, 15) is 26.3 Å². The minimum absolute atomic E-state index is 0.304. The van der Waals surface area contributed by atoms with Crippen LogP contribution in [0.25, 0.3) is 0 Å². The molecule has 2 rings (SSSR count). The summed E-state index contributed by atoms with van der Waals surface area (Å²) in [5, 5.41) is 0. The van der Waals surface area contributed by atoms with E-state index in [2.05, 4.69) is 9.98 Å². The Morgan fingerprint density at radius 3 is 1.15 bits per heavy atom. The van der Waals surface area contributed by atoms with Gasteiger partial charge in [-0.05, 0) is 35.4 Å². The lowest BCUT2D eigenvalue weighted by atomic mass is 10.1. The Morgan fingerprint density at radius 2 is 0.885 bits per heavy atom. The molecule has 0 aliphatic heterocycles. The summed E-state index contributed by atoms with van der Waals surface area (Å²) in [4.78, 5) is 8.08. The maximum atomic E-state index is 12.4. The highest BCUT2D eigenvalue weighted by atomic mass is 19.4. The second-order valence-electron chi connectivity index (χ2n) is 5.31. The Kier molecular flexibility index (Phi) is 6.18. The van der Waals surface area contributed by atoms with E-state index in [1.807, 2.05) is 0 Å². The predicted molar refractivity (Wildman–Crippen MR) is 87.8 cm³/mol. The predicted octanol–water partition coefficient (Wildman–Crippen LogP) is 5.26. The van der Waals surface area contributed by atoms with E-state index in [-0.39, 0.29) is 0 Å². The van der Waals surface area contributed by atoms with Gasteiger partial charge >= 0.3 is 12.4 Å². The Morgan fingerprint density at radius 1 is 0.577 bits per heavy atom. The zero-order chi connectivity index (χ0) is 19.2. The van der Waals surface area contributed by atoms with Crippen molar-refractivity contribution in [1.29, 1.82) is 0 Å². The molecule has 2 aromatic carbocycles. The van der Waals surface area contributed by atoms with Crippen LogP contribution < -0.4 is 0 Å². The number of nitrogens with zero attached hydrogens (tertiary/aromatic N) is 2. The summed E-state index contributed by atoms with van der Waals surface area (Å²) in [7, 11) is 0. The second kappa shape index (κ2) is 8.16. The summed E-state index contributed by atoms with van der Waals surface area (Å²) in [6, 6.07) is 9.17. The average Bonchev–Trinajstić information content (AvgIpc) is 2.57. The fraction of sp³-hybridized carbons (Fsp3) is 0.222. The molecule has 0 amide bonds. The molecule has 8 heteroatoms. The van der Waals surface area contributed by atoms with Crippen LogP contribution in [0.5, 0.6) is 0 Å². The van der Waals surface area contributed by atoms with E-state index < -0.39 is 23.5 Å². The molecule has 0 bridgehead atoms. The van der Waals surface area contributed by atoms with Gasteiger partial charge in [0.15, 0.2) is 0 Å². The average molecular weight is 372 g/mol. The molecule has 0 saturated carbocycles. The molecule has 26 heavy (non-hydrogen) atoms. The van der Waals surface area contributed by atoms with Crippen molar-refractivity contribution in [1.82, 2.24) is 0 Å². The molecular formula is C18H14F6N2. The first-order valence-electron chi connectivity index (χ1n) is 7.50. The number of hydrogen-bond donors (Lipinski definition) is 0. The topological polar surface area (TPSA) is 24.7 Å². The standard InChI is InChI=1S/C18H14F6N2/c19-17(20,21)15-5-1-13(2-6-15)11-25-9-10-26-12-14-3-7-16(8-4-14)18(22,23)24/h1-8,11-12H,9-10H2. The van der Waals surface area contributed by atoms with Crippen molar-refractivity contribution in [2.24, 2.45) is 9.98 Å². The van der Waals surface area contributed by atoms with Crippen molar-refractivity contribution in [3.63, 3.8) is 0 Å². The molecule has 0 atom stereocenters. The minimum atomic E-state index is -4.37. The van der Waals surface area contributed by atoms with Gasteiger partial charge in [0.25, 0.3) is 0 Å². The minimum Gasteiger partial charge on any atom is -0.291 e. The van der Waals surface area contributed by atoms with Gasteiger partial charge in [-0.15, -0.1) is 0 Å². The molecule has 0 N–H and O–H groups in total. The van der Waals surface area contributed by atoms with Gasteiger partial charge in [0.05, 0.1) is 24.2 Å². The van der Waals surface area contributed by atoms with E-state index in [0.717, 1.165) is 24.3 Å². The quantitative estimate of drug-likeness (QED) is 0.389. The van der Waals surface area contributed by atoms with E-state index in [4.69, 9.17) is 0 Å². The molecule has 138 valence electrons. The molecular weight excluding hydrogens is 358 g/mol. The summed E-state index contributed by atoms with van der Waals surface area (Å²) < 4.78 is 74.6. The maximum absolute atomic E-state index is 12.4.